The van der Waals surface area contributed by atoms with Crippen molar-refractivity contribution >= 4 is 40.6 Å². The molecule has 1 saturated heterocycles. The first kappa shape index (κ1) is 24.1. The molecule has 178 valence electrons. The lowest BCUT2D eigenvalue weighted by Crippen LogP contribution is -2.36. The summed E-state index contributed by atoms with van der Waals surface area (Å²) in [6.45, 7) is 5.30. The molecule has 0 saturated carbocycles. The Bertz CT molecular complexity index is 1180. The van der Waals surface area contributed by atoms with Crippen molar-refractivity contribution in [1.82, 2.24) is 19.7 Å². The highest BCUT2D eigenvalue weighted by Gasteiger charge is 2.20. The Kier molecular flexibility index (Phi) is 7.78. The second kappa shape index (κ2) is 11.0. The summed E-state index contributed by atoms with van der Waals surface area (Å²) in [4.78, 5) is 25.3. The molecular formula is C22H23ClN6O4S. The van der Waals surface area contributed by atoms with Gasteiger partial charge in [-0.3, -0.25) is 24.4 Å². The molecule has 0 spiro atoms. The van der Waals surface area contributed by atoms with E-state index in [1.807, 2.05) is 16.7 Å². The molecule has 1 amide bonds. The number of rotatable bonds is 8. The average Bonchev–Trinajstić information content (AvgIpc) is 3.22. The largest absolute Gasteiger partial charge is 0.379 e. The first-order valence-electron chi connectivity index (χ1n) is 10.6. The summed E-state index contributed by atoms with van der Waals surface area (Å²) in [5.74, 6) is 0.611. The van der Waals surface area contributed by atoms with Gasteiger partial charge < -0.3 is 10.1 Å². The number of anilines is 1. The van der Waals surface area contributed by atoms with E-state index in [0.29, 0.717) is 41.2 Å². The predicted molar refractivity (Wildman–Crippen MR) is 130 cm³/mol. The third-order valence-corrected chi connectivity index (χ3v) is 6.46. The number of nitro groups is 1. The molecule has 0 unspecified atom stereocenters. The summed E-state index contributed by atoms with van der Waals surface area (Å²) >= 11 is 7.33. The van der Waals surface area contributed by atoms with Crippen LogP contribution in [-0.4, -0.2) is 62.6 Å². The normalized spacial score (nSPS) is 14.2. The van der Waals surface area contributed by atoms with Gasteiger partial charge in [0, 0.05) is 41.6 Å². The number of hydrogen-bond acceptors (Lipinski definition) is 8. The van der Waals surface area contributed by atoms with Crippen LogP contribution in [0.4, 0.5) is 11.4 Å². The average molecular weight is 503 g/mol. The van der Waals surface area contributed by atoms with Crippen LogP contribution < -0.4 is 5.32 Å². The lowest BCUT2D eigenvalue weighted by Gasteiger charge is -2.26. The third-order valence-electron chi connectivity index (χ3n) is 5.28. The molecule has 3 aromatic rings. The van der Waals surface area contributed by atoms with E-state index in [-0.39, 0.29) is 17.3 Å². The lowest BCUT2D eigenvalue weighted by atomic mass is 10.2. The van der Waals surface area contributed by atoms with Gasteiger partial charge in [-0.25, -0.2) is 0 Å². The van der Waals surface area contributed by atoms with E-state index >= 15 is 0 Å². The highest BCUT2D eigenvalue weighted by Crippen LogP contribution is 2.25. The second-order valence-corrected chi connectivity index (χ2v) is 9.07. The first-order chi connectivity index (χ1) is 16.4. The van der Waals surface area contributed by atoms with Crippen LogP contribution in [-0.2, 0) is 16.1 Å². The highest BCUT2D eigenvalue weighted by atomic mass is 35.5. The summed E-state index contributed by atoms with van der Waals surface area (Å²) in [7, 11) is 0. The van der Waals surface area contributed by atoms with Crippen LogP contribution in [0.25, 0.3) is 5.69 Å². The zero-order valence-corrected chi connectivity index (χ0v) is 20.0. The van der Waals surface area contributed by atoms with Gasteiger partial charge in [0.1, 0.15) is 0 Å². The van der Waals surface area contributed by atoms with Crippen molar-refractivity contribution in [3.8, 4) is 5.69 Å². The van der Waals surface area contributed by atoms with Gasteiger partial charge in [-0.05, 0) is 42.8 Å². The maximum Gasteiger partial charge on any atom is 0.269 e. The first-order valence-corrected chi connectivity index (χ1v) is 11.9. The smallest absolute Gasteiger partial charge is 0.269 e. The van der Waals surface area contributed by atoms with Crippen molar-refractivity contribution < 1.29 is 14.5 Å². The summed E-state index contributed by atoms with van der Waals surface area (Å²) < 4.78 is 7.36. The highest BCUT2D eigenvalue weighted by molar-refractivity contribution is 7.99. The number of nitrogens with zero attached hydrogens (tertiary/aromatic N) is 5. The number of amides is 1. The van der Waals surface area contributed by atoms with E-state index in [9.17, 15) is 14.9 Å². The number of carbonyl (C=O) groups is 1. The Hall–Kier alpha value is -2.99. The van der Waals surface area contributed by atoms with E-state index in [4.69, 9.17) is 16.3 Å². The molecule has 1 aliphatic rings. The molecule has 0 aliphatic carbocycles. The fourth-order valence-electron chi connectivity index (χ4n) is 3.52. The summed E-state index contributed by atoms with van der Waals surface area (Å²) in [5.41, 5.74) is 1.98. The van der Waals surface area contributed by atoms with E-state index in [2.05, 4.69) is 20.4 Å². The predicted octanol–water partition coefficient (Wildman–Crippen LogP) is 3.70. The third kappa shape index (κ3) is 5.92. The monoisotopic (exact) mass is 502 g/mol. The SMILES string of the molecule is Cc1cc([N+](=O)[O-])ccc1NC(=O)CSc1nnc(CN2CCOCC2)n1-c1ccc(Cl)cc1. The Morgan fingerprint density at radius 1 is 1.21 bits per heavy atom. The molecule has 34 heavy (non-hydrogen) atoms. The van der Waals surface area contributed by atoms with Crippen molar-refractivity contribution in [1.29, 1.82) is 0 Å². The van der Waals surface area contributed by atoms with Crippen LogP contribution in [0.1, 0.15) is 11.4 Å². The van der Waals surface area contributed by atoms with Gasteiger partial charge >= 0.3 is 0 Å². The lowest BCUT2D eigenvalue weighted by molar-refractivity contribution is -0.384. The summed E-state index contributed by atoms with van der Waals surface area (Å²) in [5, 5.41) is 23.7. The summed E-state index contributed by atoms with van der Waals surface area (Å²) in [6.07, 6.45) is 0. The number of non-ortho nitro benzene ring substituents is 1. The number of morpholine rings is 1. The molecule has 1 fully saturated rings. The molecule has 10 nitrogen and oxygen atoms in total. The summed E-state index contributed by atoms with van der Waals surface area (Å²) in [6, 6.07) is 11.7. The van der Waals surface area contributed by atoms with Crippen LogP contribution in [0.5, 0.6) is 0 Å². The van der Waals surface area contributed by atoms with Gasteiger partial charge in [-0.2, -0.15) is 0 Å². The molecule has 4 rings (SSSR count). The van der Waals surface area contributed by atoms with E-state index in [0.717, 1.165) is 24.6 Å². The number of benzene rings is 2. The number of thioether (sulfide) groups is 1. The molecule has 2 aromatic carbocycles. The maximum absolute atomic E-state index is 12.6. The quantitative estimate of drug-likeness (QED) is 0.281. The second-order valence-electron chi connectivity index (χ2n) is 7.69. The number of carbonyl (C=O) groups excluding carboxylic acids is 1. The van der Waals surface area contributed by atoms with Gasteiger partial charge in [0.05, 0.1) is 30.4 Å². The van der Waals surface area contributed by atoms with Gasteiger partial charge in [0.15, 0.2) is 11.0 Å². The van der Waals surface area contributed by atoms with E-state index < -0.39 is 4.92 Å². The van der Waals surface area contributed by atoms with Crippen molar-refractivity contribution in [3.05, 3.63) is 69.0 Å². The van der Waals surface area contributed by atoms with Gasteiger partial charge in [0.25, 0.3) is 5.69 Å². The molecule has 12 heteroatoms. The van der Waals surface area contributed by atoms with Crippen molar-refractivity contribution in [2.75, 3.05) is 37.4 Å². The van der Waals surface area contributed by atoms with E-state index in [1.165, 1.54) is 30.0 Å². The maximum atomic E-state index is 12.6. The number of aromatic nitrogens is 3. The number of hydrogen-bond donors (Lipinski definition) is 1. The fourth-order valence-corrected chi connectivity index (χ4v) is 4.42. The number of halogens is 1. The molecule has 1 aliphatic heterocycles. The van der Waals surface area contributed by atoms with Crippen LogP contribution in [0, 0.1) is 17.0 Å². The molecular weight excluding hydrogens is 480 g/mol. The number of aryl methyl sites for hydroxylation is 1. The number of nitro benzene ring substituents is 1. The van der Waals surface area contributed by atoms with Gasteiger partial charge in [-0.15, -0.1) is 10.2 Å². The molecule has 1 aromatic heterocycles. The van der Waals surface area contributed by atoms with Crippen molar-refractivity contribution in [2.45, 2.75) is 18.6 Å². The Morgan fingerprint density at radius 3 is 2.62 bits per heavy atom. The zero-order chi connectivity index (χ0) is 24.1. The zero-order valence-electron chi connectivity index (χ0n) is 18.4. The fraction of sp³-hybridized carbons (Fsp3) is 0.318. The van der Waals surface area contributed by atoms with Gasteiger partial charge in [-0.1, -0.05) is 23.4 Å². The van der Waals surface area contributed by atoms with Crippen molar-refractivity contribution in [3.63, 3.8) is 0 Å². The minimum Gasteiger partial charge on any atom is -0.379 e. The molecule has 2 heterocycles. The Morgan fingerprint density at radius 2 is 1.94 bits per heavy atom. The van der Waals surface area contributed by atoms with Crippen molar-refractivity contribution in [2.24, 2.45) is 0 Å². The Labute approximate surface area is 205 Å². The van der Waals surface area contributed by atoms with Crippen LogP contribution in [0.2, 0.25) is 5.02 Å². The van der Waals surface area contributed by atoms with Gasteiger partial charge in [0.2, 0.25) is 5.91 Å². The molecule has 0 radical (unpaired) electrons. The minimum atomic E-state index is -0.466. The Balaban J connectivity index is 1.49. The van der Waals surface area contributed by atoms with Crippen LogP contribution in [0.3, 0.4) is 0 Å². The van der Waals surface area contributed by atoms with Crippen LogP contribution >= 0.6 is 23.4 Å². The molecule has 0 atom stereocenters. The van der Waals surface area contributed by atoms with E-state index in [1.54, 1.807) is 19.1 Å². The van der Waals surface area contributed by atoms with Crippen LogP contribution in [0.15, 0.2) is 47.6 Å². The molecule has 0 bridgehead atoms. The topological polar surface area (TPSA) is 115 Å². The number of nitrogens with one attached hydrogen (secondary N) is 1. The standard InChI is InChI=1S/C22H23ClN6O4S/c1-15-12-18(29(31)32)6-7-19(15)24-21(30)14-34-22-26-25-20(13-27-8-10-33-11-9-27)28(22)17-4-2-16(23)3-5-17/h2-7,12H,8-11,13-14H2,1H3,(H,24,30). The molecule has 1 N–H and O–H groups in total. The minimum absolute atomic E-state index is 0.0197. The number of ether oxygens (including phenoxy) is 1.